The molecule has 2 amide bonds. The first-order chi connectivity index (χ1) is 11.5. The Hall–Kier alpha value is -1.59. The van der Waals surface area contributed by atoms with Gasteiger partial charge in [0.05, 0.1) is 0 Å². The van der Waals surface area contributed by atoms with E-state index in [0.717, 1.165) is 19.3 Å². The highest BCUT2D eigenvalue weighted by Crippen LogP contribution is 2.11. The standard InChI is InChI=1S/C18H34N2O4/c1-2-3-4-5-6-7-8-9-10-11-12-17(22)20-15(18(23)24)13-14-16(19)21/h15H,2-14H2,1H3,(H2,19,21)(H,20,22)(H,23,24)/t15-/m0/s1. The quantitative estimate of drug-likeness (QED) is 0.374. The Labute approximate surface area is 145 Å². The summed E-state index contributed by atoms with van der Waals surface area (Å²) in [5.41, 5.74) is 5.00. The third-order valence-corrected chi connectivity index (χ3v) is 4.07. The molecule has 0 heterocycles. The summed E-state index contributed by atoms with van der Waals surface area (Å²) in [6.45, 7) is 2.21. The smallest absolute Gasteiger partial charge is 0.326 e. The lowest BCUT2D eigenvalue weighted by Crippen LogP contribution is -2.41. The topological polar surface area (TPSA) is 109 Å². The van der Waals surface area contributed by atoms with E-state index in [1.807, 2.05) is 0 Å². The van der Waals surface area contributed by atoms with Crippen LogP contribution in [0.25, 0.3) is 0 Å². The zero-order chi connectivity index (χ0) is 18.2. The first-order valence-electron chi connectivity index (χ1n) is 9.27. The second-order valence-electron chi connectivity index (χ2n) is 6.40. The molecule has 0 unspecified atom stereocenters. The predicted molar refractivity (Wildman–Crippen MR) is 94.5 cm³/mol. The van der Waals surface area contributed by atoms with Gasteiger partial charge in [0.2, 0.25) is 11.8 Å². The second kappa shape index (κ2) is 15.0. The van der Waals surface area contributed by atoms with Crippen LogP contribution in [0.5, 0.6) is 0 Å². The zero-order valence-electron chi connectivity index (χ0n) is 15.0. The van der Waals surface area contributed by atoms with Gasteiger partial charge < -0.3 is 16.2 Å². The number of carboxylic acid groups (broad SMARTS) is 1. The van der Waals surface area contributed by atoms with Crippen molar-refractivity contribution in [2.45, 2.75) is 96.4 Å². The molecule has 0 rings (SSSR count). The first kappa shape index (κ1) is 22.4. The Morgan fingerprint density at radius 3 is 1.83 bits per heavy atom. The molecule has 140 valence electrons. The van der Waals surface area contributed by atoms with Crippen molar-refractivity contribution >= 4 is 17.8 Å². The van der Waals surface area contributed by atoms with Crippen molar-refractivity contribution in [1.82, 2.24) is 5.32 Å². The van der Waals surface area contributed by atoms with Gasteiger partial charge in [-0.15, -0.1) is 0 Å². The van der Waals surface area contributed by atoms with E-state index in [9.17, 15) is 14.4 Å². The minimum absolute atomic E-state index is 0.0361. The Morgan fingerprint density at radius 1 is 0.875 bits per heavy atom. The summed E-state index contributed by atoms with van der Waals surface area (Å²) in [6.07, 6.45) is 12.2. The molecule has 0 aromatic rings. The summed E-state index contributed by atoms with van der Waals surface area (Å²) in [5.74, 6) is -1.97. The lowest BCUT2D eigenvalue weighted by atomic mass is 10.1. The van der Waals surface area contributed by atoms with E-state index >= 15 is 0 Å². The van der Waals surface area contributed by atoms with Crippen LogP contribution >= 0.6 is 0 Å². The highest BCUT2D eigenvalue weighted by molar-refractivity contribution is 5.84. The fourth-order valence-corrected chi connectivity index (χ4v) is 2.58. The van der Waals surface area contributed by atoms with E-state index in [0.29, 0.717) is 6.42 Å². The molecule has 0 aliphatic heterocycles. The van der Waals surface area contributed by atoms with Crippen molar-refractivity contribution in [1.29, 1.82) is 0 Å². The van der Waals surface area contributed by atoms with Gasteiger partial charge in [0.25, 0.3) is 0 Å². The minimum Gasteiger partial charge on any atom is -0.480 e. The molecule has 0 fully saturated rings. The normalized spacial score (nSPS) is 11.9. The van der Waals surface area contributed by atoms with Crippen molar-refractivity contribution in [3.05, 3.63) is 0 Å². The van der Waals surface area contributed by atoms with Crippen LogP contribution in [0.15, 0.2) is 0 Å². The van der Waals surface area contributed by atoms with Gasteiger partial charge in [0.15, 0.2) is 0 Å². The summed E-state index contributed by atoms with van der Waals surface area (Å²) in [4.78, 5) is 33.5. The Balaban J connectivity index is 3.63. The molecule has 6 heteroatoms. The van der Waals surface area contributed by atoms with Gasteiger partial charge in [-0.25, -0.2) is 4.79 Å². The van der Waals surface area contributed by atoms with Crippen molar-refractivity contribution in [2.75, 3.05) is 0 Å². The van der Waals surface area contributed by atoms with Gasteiger partial charge in [-0.3, -0.25) is 9.59 Å². The fraction of sp³-hybridized carbons (Fsp3) is 0.833. The third kappa shape index (κ3) is 14.0. The Morgan fingerprint density at radius 2 is 1.38 bits per heavy atom. The largest absolute Gasteiger partial charge is 0.480 e. The van der Waals surface area contributed by atoms with Crippen LogP contribution in [0, 0.1) is 0 Å². The average molecular weight is 342 g/mol. The maximum absolute atomic E-state index is 11.7. The minimum atomic E-state index is -1.13. The summed E-state index contributed by atoms with van der Waals surface area (Å²) in [5, 5.41) is 11.5. The number of primary amides is 1. The van der Waals surface area contributed by atoms with Crippen molar-refractivity contribution in [3.8, 4) is 0 Å². The molecule has 0 bridgehead atoms. The van der Waals surface area contributed by atoms with E-state index in [4.69, 9.17) is 10.8 Å². The number of rotatable bonds is 16. The van der Waals surface area contributed by atoms with E-state index in [1.54, 1.807) is 0 Å². The van der Waals surface area contributed by atoms with Gasteiger partial charge >= 0.3 is 5.97 Å². The molecule has 0 spiro atoms. The molecule has 0 radical (unpaired) electrons. The molecule has 0 aliphatic carbocycles. The number of hydrogen-bond acceptors (Lipinski definition) is 3. The van der Waals surface area contributed by atoms with Crippen LogP contribution in [0.3, 0.4) is 0 Å². The number of unbranched alkanes of at least 4 members (excludes halogenated alkanes) is 9. The highest BCUT2D eigenvalue weighted by atomic mass is 16.4. The fourth-order valence-electron chi connectivity index (χ4n) is 2.58. The van der Waals surface area contributed by atoms with Crippen LogP contribution in [0.4, 0.5) is 0 Å². The van der Waals surface area contributed by atoms with Gasteiger partial charge in [-0.1, -0.05) is 64.7 Å². The zero-order valence-corrected chi connectivity index (χ0v) is 15.0. The van der Waals surface area contributed by atoms with Gasteiger partial charge in [0.1, 0.15) is 6.04 Å². The van der Waals surface area contributed by atoms with Crippen LogP contribution in [0.1, 0.15) is 90.4 Å². The van der Waals surface area contributed by atoms with E-state index in [-0.39, 0.29) is 18.7 Å². The van der Waals surface area contributed by atoms with Crippen molar-refractivity contribution < 1.29 is 19.5 Å². The van der Waals surface area contributed by atoms with Crippen LogP contribution in [0.2, 0.25) is 0 Å². The van der Waals surface area contributed by atoms with E-state index in [1.165, 1.54) is 44.9 Å². The molecular formula is C18H34N2O4. The number of aliphatic carboxylic acids is 1. The van der Waals surface area contributed by atoms with Gasteiger partial charge in [0, 0.05) is 12.8 Å². The predicted octanol–water partition coefficient (Wildman–Crippen LogP) is 3.13. The van der Waals surface area contributed by atoms with Gasteiger partial charge in [-0.2, -0.15) is 0 Å². The lowest BCUT2D eigenvalue weighted by molar-refractivity contribution is -0.142. The summed E-state index contributed by atoms with van der Waals surface area (Å²) >= 11 is 0. The van der Waals surface area contributed by atoms with Crippen LogP contribution in [-0.2, 0) is 14.4 Å². The number of amides is 2. The second-order valence-corrected chi connectivity index (χ2v) is 6.40. The first-order valence-corrected chi connectivity index (χ1v) is 9.27. The third-order valence-electron chi connectivity index (χ3n) is 4.07. The van der Waals surface area contributed by atoms with E-state index < -0.39 is 17.9 Å². The number of hydrogen-bond donors (Lipinski definition) is 3. The Bertz CT molecular complexity index is 372. The summed E-state index contributed by atoms with van der Waals surface area (Å²) < 4.78 is 0. The number of carbonyl (C=O) groups excluding carboxylic acids is 2. The Kier molecular flexibility index (Phi) is 14.0. The van der Waals surface area contributed by atoms with Crippen LogP contribution in [-0.4, -0.2) is 28.9 Å². The molecule has 0 aliphatic rings. The van der Waals surface area contributed by atoms with Crippen molar-refractivity contribution in [2.24, 2.45) is 5.73 Å². The molecule has 0 aromatic heterocycles. The molecule has 0 aromatic carbocycles. The average Bonchev–Trinajstić information content (AvgIpc) is 2.52. The monoisotopic (exact) mass is 342 g/mol. The SMILES string of the molecule is CCCCCCCCCCCCC(=O)N[C@@H](CCC(N)=O)C(=O)O. The van der Waals surface area contributed by atoms with Gasteiger partial charge in [-0.05, 0) is 12.8 Å². The molecule has 0 saturated heterocycles. The maximum atomic E-state index is 11.7. The van der Waals surface area contributed by atoms with Crippen LogP contribution < -0.4 is 11.1 Å². The highest BCUT2D eigenvalue weighted by Gasteiger charge is 2.20. The van der Waals surface area contributed by atoms with E-state index in [2.05, 4.69) is 12.2 Å². The molecule has 24 heavy (non-hydrogen) atoms. The number of nitrogens with one attached hydrogen (secondary N) is 1. The summed E-state index contributed by atoms with van der Waals surface area (Å²) in [6, 6.07) is -1.03. The molecule has 0 saturated carbocycles. The maximum Gasteiger partial charge on any atom is 0.326 e. The number of carboxylic acids is 1. The molecule has 4 N–H and O–H groups in total. The molecule has 1 atom stereocenters. The number of nitrogens with two attached hydrogens (primary N) is 1. The lowest BCUT2D eigenvalue weighted by Gasteiger charge is -2.13. The van der Waals surface area contributed by atoms with Crippen molar-refractivity contribution in [3.63, 3.8) is 0 Å². The molecule has 6 nitrogen and oxygen atoms in total. The molecular weight excluding hydrogens is 308 g/mol. The number of carbonyl (C=O) groups is 3. The summed E-state index contributed by atoms with van der Waals surface area (Å²) in [7, 11) is 0.